The van der Waals surface area contributed by atoms with Gasteiger partial charge in [0.25, 0.3) is 0 Å². The maximum Gasteiger partial charge on any atom is 0.246 e. The fourth-order valence-electron chi connectivity index (χ4n) is 1.61. The van der Waals surface area contributed by atoms with Gasteiger partial charge in [-0.25, -0.2) is 0 Å². The van der Waals surface area contributed by atoms with Crippen molar-refractivity contribution < 1.29 is 9.59 Å². The molecule has 5 heteroatoms. The van der Waals surface area contributed by atoms with Crippen LogP contribution < -0.4 is 10.6 Å². The zero-order valence-corrected chi connectivity index (χ0v) is 10.7. The normalized spacial score (nSPS) is 19.3. The molecule has 16 heavy (non-hydrogen) atoms. The van der Waals surface area contributed by atoms with E-state index in [4.69, 9.17) is 0 Å². The second kappa shape index (κ2) is 4.82. The van der Waals surface area contributed by atoms with Crippen molar-refractivity contribution in [3.05, 3.63) is 27.8 Å². The molecule has 84 valence electrons. The molecule has 0 saturated carbocycles. The van der Waals surface area contributed by atoms with E-state index in [1.54, 1.807) is 0 Å². The van der Waals surface area contributed by atoms with Crippen molar-refractivity contribution in [2.75, 3.05) is 5.32 Å². The maximum absolute atomic E-state index is 11.7. The smallest absolute Gasteiger partial charge is 0.246 e. The van der Waals surface area contributed by atoms with Crippen LogP contribution in [0.4, 0.5) is 5.69 Å². The molecule has 1 aromatic rings. The van der Waals surface area contributed by atoms with Gasteiger partial charge in [-0.3, -0.25) is 9.59 Å². The highest BCUT2D eigenvalue weighted by atomic mass is 127. The average Bonchev–Trinajstić information content (AvgIpc) is 2.65. The van der Waals surface area contributed by atoms with Crippen LogP contribution in [0.2, 0.25) is 0 Å². The van der Waals surface area contributed by atoms with Gasteiger partial charge in [0.1, 0.15) is 6.04 Å². The van der Waals surface area contributed by atoms with Gasteiger partial charge in [-0.2, -0.15) is 0 Å². The lowest BCUT2D eigenvalue weighted by molar-refractivity contribution is -0.122. The van der Waals surface area contributed by atoms with Gasteiger partial charge in [-0.15, -0.1) is 0 Å². The van der Waals surface area contributed by atoms with Crippen molar-refractivity contribution in [2.45, 2.75) is 18.9 Å². The predicted octanol–water partition coefficient (Wildman–Crippen LogP) is 1.51. The molecule has 2 amide bonds. The lowest BCUT2D eigenvalue weighted by Crippen LogP contribution is -2.37. The second-order valence-corrected chi connectivity index (χ2v) is 4.90. The summed E-state index contributed by atoms with van der Waals surface area (Å²) in [6.07, 6.45) is 1.01. The molecular formula is C11H11IN2O2. The number of nitrogens with one attached hydrogen (secondary N) is 2. The number of hydrogen-bond donors (Lipinski definition) is 2. The Morgan fingerprint density at radius 2 is 2.31 bits per heavy atom. The van der Waals surface area contributed by atoms with Gasteiger partial charge in [-0.1, -0.05) is 6.07 Å². The molecule has 1 fully saturated rings. The minimum Gasteiger partial charge on any atom is -0.344 e. The van der Waals surface area contributed by atoms with Gasteiger partial charge in [0.05, 0.1) is 0 Å². The lowest BCUT2D eigenvalue weighted by atomic mass is 10.2. The number of hydrogen-bond acceptors (Lipinski definition) is 2. The number of halogens is 1. The first-order valence-electron chi connectivity index (χ1n) is 5.01. The van der Waals surface area contributed by atoms with Crippen LogP contribution in [0.1, 0.15) is 12.8 Å². The molecule has 2 rings (SSSR count). The highest BCUT2D eigenvalue weighted by Crippen LogP contribution is 2.14. The summed E-state index contributed by atoms with van der Waals surface area (Å²) >= 11 is 2.18. The minimum absolute atomic E-state index is 0.0530. The molecule has 1 aliphatic rings. The van der Waals surface area contributed by atoms with E-state index in [0.717, 1.165) is 9.26 Å². The summed E-state index contributed by atoms with van der Waals surface area (Å²) < 4.78 is 1.06. The Morgan fingerprint density at radius 1 is 1.50 bits per heavy atom. The van der Waals surface area contributed by atoms with Crippen molar-refractivity contribution in [3.63, 3.8) is 0 Å². The lowest BCUT2D eigenvalue weighted by Gasteiger charge is -2.10. The van der Waals surface area contributed by atoms with Crippen molar-refractivity contribution in [3.8, 4) is 0 Å². The molecule has 0 unspecified atom stereocenters. The Bertz CT molecular complexity index is 434. The Hall–Kier alpha value is -1.11. The summed E-state index contributed by atoms with van der Waals surface area (Å²) in [5.74, 6) is -0.198. The molecule has 0 aliphatic carbocycles. The van der Waals surface area contributed by atoms with Gasteiger partial charge in [0.2, 0.25) is 11.8 Å². The van der Waals surface area contributed by atoms with Crippen molar-refractivity contribution in [1.82, 2.24) is 5.32 Å². The molecule has 2 N–H and O–H groups in total. The van der Waals surface area contributed by atoms with Gasteiger partial charge in [0, 0.05) is 15.7 Å². The molecule has 1 atom stereocenters. The van der Waals surface area contributed by atoms with Crippen LogP contribution in [0.25, 0.3) is 0 Å². The third-order valence-corrected chi connectivity index (χ3v) is 3.07. The monoisotopic (exact) mass is 330 g/mol. The fraction of sp³-hybridized carbons (Fsp3) is 0.273. The quantitative estimate of drug-likeness (QED) is 0.808. The van der Waals surface area contributed by atoms with E-state index in [-0.39, 0.29) is 17.9 Å². The van der Waals surface area contributed by atoms with E-state index in [1.165, 1.54) is 0 Å². The number of carbonyl (C=O) groups is 2. The molecule has 0 spiro atoms. The van der Waals surface area contributed by atoms with Crippen LogP contribution in [0.5, 0.6) is 0 Å². The first-order chi connectivity index (χ1) is 7.65. The molecular weight excluding hydrogens is 319 g/mol. The Balaban J connectivity index is 1.99. The summed E-state index contributed by atoms with van der Waals surface area (Å²) in [6.45, 7) is 0. The third kappa shape index (κ3) is 2.72. The van der Waals surface area contributed by atoms with Crippen LogP contribution in [0.15, 0.2) is 24.3 Å². The van der Waals surface area contributed by atoms with Gasteiger partial charge in [-0.05, 0) is 47.2 Å². The Labute approximate surface area is 107 Å². The van der Waals surface area contributed by atoms with E-state index in [0.29, 0.717) is 12.8 Å². The second-order valence-electron chi connectivity index (χ2n) is 3.66. The van der Waals surface area contributed by atoms with Crippen LogP contribution >= 0.6 is 22.6 Å². The molecule has 1 heterocycles. The van der Waals surface area contributed by atoms with Crippen LogP contribution in [0, 0.1) is 3.57 Å². The zero-order valence-electron chi connectivity index (χ0n) is 8.50. The molecule has 1 aliphatic heterocycles. The fourth-order valence-corrected chi connectivity index (χ4v) is 2.15. The largest absolute Gasteiger partial charge is 0.344 e. The van der Waals surface area contributed by atoms with E-state index < -0.39 is 0 Å². The van der Waals surface area contributed by atoms with E-state index in [9.17, 15) is 9.59 Å². The van der Waals surface area contributed by atoms with Crippen LogP contribution in [0.3, 0.4) is 0 Å². The molecule has 1 aromatic carbocycles. The molecule has 0 bridgehead atoms. The van der Waals surface area contributed by atoms with E-state index in [1.807, 2.05) is 24.3 Å². The molecule has 0 aromatic heterocycles. The van der Waals surface area contributed by atoms with Crippen molar-refractivity contribution in [2.24, 2.45) is 0 Å². The zero-order chi connectivity index (χ0) is 11.5. The molecule has 1 saturated heterocycles. The minimum atomic E-state index is -0.384. The summed E-state index contributed by atoms with van der Waals surface area (Å²) in [5.41, 5.74) is 0.762. The van der Waals surface area contributed by atoms with E-state index >= 15 is 0 Å². The number of carbonyl (C=O) groups excluding carboxylic acids is 2. The summed E-state index contributed by atoms with van der Waals surface area (Å²) in [4.78, 5) is 22.7. The molecule has 0 radical (unpaired) electrons. The molecule has 4 nitrogen and oxygen atoms in total. The number of rotatable bonds is 2. The van der Waals surface area contributed by atoms with Gasteiger partial charge >= 0.3 is 0 Å². The van der Waals surface area contributed by atoms with Crippen LogP contribution in [-0.4, -0.2) is 17.9 Å². The first-order valence-corrected chi connectivity index (χ1v) is 6.09. The SMILES string of the molecule is O=C1CC[C@H](C(=O)Nc2cccc(I)c2)N1. The third-order valence-electron chi connectivity index (χ3n) is 2.40. The first kappa shape index (κ1) is 11.4. The average molecular weight is 330 g/mol. The summed E-state index contributed by atoms with van der Waals surface area (Å²) in [5, 5.41) is 5.42. The highest BCUT2D eigenvalue weighted by molar-refractivity contribution is 14.1. The van der Waals surface area contributed by atoms with E-state index in [2.05, 4.69) is 33.2 Å². The summed E-state index contributed by atoms with van der Waals surface area (Å²) in [6, 6.07) is 7.16. The standard InChI is InChI=1S/C11H11IN2O2/c12-7-2-1-3-8(6-7)13-11(16)9-4-5-10(15)14-9/h1-3,6,9H,4-5H2,(H,13,16)(H,14,15)/t9-/m1/s1. The van der Waals surface area contributed by atoms with Gasteiger partial charge in [0.15, 0.2) is 0 Å². The van der Waals surface area contributed by atoms with Gasteiger partial charge < -0.3 is 10.6 Å². The number of anilines is 1. The Kier molecular flexibility index (Phi) is 3.42. The Morgan fingerprint density at radius 3 is 2.94 bits per heavy atom. The number of benzene rings is 1. The van der Waals surface area contributed by atoms with Crippen molar-refractivity contribution >= 4 is 40.1 Å². The van der Waals surface area contributed by atoms with Crippen LogP contribution in [-0.2, 0) is 9.59 Å². The predicted molar refractivity (Wildman–Crippen MR) is 69.0 cm³/mol. The summed E-state index contributed by atoms with van der Waals surface area (Å²) in [7, 11) is 0. The van der Waals surface area contributed by atoms with Crippen molar-refractivity contribution in [1.29, 1.82) is 0 Å². The highest BCUT2D eigenvalue weighted by Gasteiger charge is 2.26. The number of amides is 2. The topological polar surface area (TPSA) is 58.2 Å². The maximum atomic E-state index is 11.7.